The Morgan fingerprint density at radius 2 is 1.45 bits per heavy atom. The van der Waals surface area contributed by atoms with Gasteiger partial charge in [-0.05, 0) is 35.8 Å². The van der Waals surface area contributed by atoms with Gasteiger partial charge in [0.25, 0.3) is 0 Å². The van der Waals surface area contributed by atoms with E-state index in [1.165, 1.54) is 11.1 Å². The molecule has 0 aliphatic carbocycles. The number of urea groups is 1. The van der Waals surface area contributed by atoms with Crippen LogP contribution < -0.4 is 5.32 Å². The molecule has 0 fully saturated rings. The van der Waals surface area contributed by atoms with Gasteiger partial charge >= 0.3 is 6.03 Å². The normalized spacial score (nSPS) is 11.1. The quantitative estimate of drug-likeness (QED) is 0.700. The van der Waals surface area contributed by atoms with Gasteiger partial charge < -0.3 is 10.2 Å². The summed E-state index contributed by atoms with van der Waals surface area (Å²) in [7, 11) is 0. The minimum atomic E-state index is 0.0266. The summed E-state index contributed by atoms with van der Waals surface area (Å²) in [5.74, 6) is 0.777. The molecule has 3 nitrogen and oxygen atoms in total. The maximum atomic E-state index is 12.7. The van der Waals surface area contributed by atoms with Crippen LogP contribution in [0.2, 0.25) is 0 Å². The number of anilines is 1. The first-order chi connectivity index (χ1) is 10.4. The van der Waals surface area contributed by atoms with Gasteiger partial charge in [0.05, 0.1) is 0 Å². The smallest absolute Gasteiger partial charge is 0.321 e. The molecule has 0 unspecified atom stereocenters. The molecule has 0 spiro atoms. The summed E-state index contributed by atoms with van der Waals surface area (Å²) in [6, 6.07) is 6.36. The van der Waals surface area contributed by atoms with Crippen LogP contribution in [-0.4, -0.2) is 24.0 Å². The summed E-state index contributed by atoms with van der Waals surface area (Å²) >= 11 is 0. The molecular weight excluding hydrogens is 272 g/mol. The van der Waals surface area contributed by atoms with Crippen molar-refractivity contribution in [3.05, 3.63) is 29.3 Å². The van der Waals surface area contributed by atoms with Crippen molar-refractivity contribution in [2.24, 2.45) is 0 Å². The second-order valence-electron chi connectivity index (χ2n) is 6.54. The topological polar surface area (TPSA) is 32.3 Å². The van der Waals surface area contributed by atoms with E-state index in [-0.39, 0.29) is 6.03 Å². The SMILES string of the molecule is CCCN(CCC)C(=O)Nc1c(C(C)C)cccc1C(C)C. The van der Waals surface area contributed by atoms with Crippen LogP contribution in [0.15, 0.2) is 18.2 Å². The molecule has 0 heterocycles. The molecule has 3 heteroatoms. The van der Waals surface area contributed by atoms with E-state index in [0.717, 1.165) is 31.6 Å². The average Bonchev–Trinajstić information content (AvgIpc) is 2.46. The molecule has 0 atom stereocenters. The monoisotopic (exact) mass is 304 g/mol. The van der Waals surface area contributed by atoms with E-state index in [2.05, 4.69) is 65.1 Å². The highest BCUT2D eigenvalue weighted by atomic mass is 16.2. The lowest BCUT2D eigenvalue weighted by atomic mass is 9.93. The number of nitrogens with zero attached hydrogens (tertiary/aromatic N) is 1. The van der Waals surface area contributed by atoms with Crippen LogP contribution >= 0.6 is 0 Å². The van der Waals surface area contributed by atoms with Gasteiger partial charge in [-0.25, -0.2) is 4.79 Å². The zero-order valence-corrected chi connectivity index (χ0v) is 15.1. The highest BCUT2D eigenvalue weighted by Gasteiger charge is 2.18. The summed E-state index contributed by atoms with van der Waals surface area (Å²) in [5.41, 5.74) is 3.44. The number of benzene rings is 1. The van der Waals surface area contributed by atoms with E-state index < -0.39 is 0 Å². The highest BCUT2D eigenvalue weighted by Crippen LogP contribution is 2.32. The van der Waals surface area contributed by atoms with Crippen molar-refractivity contribution in [1.29, 1.82) is 0 Å². The van der Waals surface area contributed by atoms with E-state index in [1.807, 2.05) is 4.90 Å². The fourth-order valence-corrected chi connectivity index (χ4v) is 2.74. The molecule has 0 radical (unpaired) electrons. The third kappa shape index (κ3) is 4.75. The molecule has 1 aromatic carbocycles. The average molecular weight is 304 g/mol. The third-order valence-corrected chi connectivity index (χ3v) is 3.88. The van der Waals surface area contributed by atoms with Crippen LogP contribution in [0.5, 0.6) is 0 Å². The van der Waals surface area contributed by atoms with Crippen LogP contribution in [0.25, 0.3) is 0 Å². The summed E-state index contributed by atoms with van der Waals surface area (Å²) in [4.78, 5) is 14.6. The Bertz CT molecular complexity index is 448. The molecule has 1 rings (SSSR count). The van der Waals surface area contributed by atoms with Crippen LogP contribution in [0, 0.1) is 0 Å². The van der Waals surface area contributed by atoms with Gasteiger partial charge in [-0.1, -0.05) is 59.7 Å². The summed E-state index contributed by atoms with van der Waals surface area (Å²) < 4.78 is 0. The largest absolute Gasteiger partial charge is 0.325 e. The van der Waals surface area contributed by atoms with Crippen molar-refractivity contribution in [3.63, 3.8) is 0 Å². The Labute approximate surface area is 136 Å². The summed E-state index contributed by atoms with van der Waals surface area (Å²) in [6.07, 6.45) is 1.96. The molecule has 0 aliphatic heterocycles. The van der Waals surface area contributed by atoms with Crippen molar-refractivity contribution in [1.82, 2.24) is 4.90 Å². The molecule has 0 aliphatic rings. The lowest BCUT2D eigenvalue weighted by Gasteiger charge is -2.25. The second kappa shape index (κ2) is 8.82. The van der Waals surface area contributed by atoms with E-state index >= 15 is 0 Å². The minimum Gasteiger partial charge on any atom is -0.325 e. The summed E-state index contributed by atoms with van der Waals surface area (Å²) in [6.45, 7) is 14.5. The lowest BCUT2D eigenvalue weighted by molar-refractivity contribution is 0.211. The number of hydrogen-bond acceptors (Lipinski definition) is 1. The van der Waals surface area contributed by atoms with E-state index in [0.29, 0.717) is 11.8 Å². The first-order valence-corrected chi connectivity index (χ1v) is 8.61. The third-order valence-electron chi connectivity index (χ3n) is 3.88. The predicted octanol–water partition coefficient (Wildman–Crippen LogP) is 5.59. The van der Waals surface area contributed by atoms with Crippen LogP contribution in [0.4, 0.5) is 10.5 Å². The number of carbonyl (C=O) groups excluding carboxylic acids is 1. The van der Waals surface area contributed by atoms with Gasteiger partial charge in [-0.15, -0.1) is 0 Å². The number of amides is 2. The Balaban J connectivity index is 3.11. The number of carbonyl (C=O) groups is 1. The van der Waals surface area contributed by atoms with E-state index in [9.17, 15) is 4.79 Å². The van der Waals surface area contributed by atoms with Crippen molar-refractivity contribution in [2.45, 2.75) is 66.2 Å². The lowest BCUT2D eigenvalue weighted by Crippen LogP contribution is -2.36. The molecule has 0 saturated carbocycles. The fraction of sp³-hybridized carbons (Fsp3) is 0.632. The van der Waals surface area contributed by atoms with Gasteiger partial charge in [0.15, 0.2) is 0 Å². The second-order valence-corrected chi connectivity index (χ2v) is 6.54. The molecule has 1 N–H and O–H groups in total. The molecule has 0 bridgehead atoms. The number of hydrogen-bond donors (Lipinski definition) is 1. The van der Waals surface area contributed by atoms with Crippen LogP contribution in [0.3, 0.4) is 0 Å². The molecular formula is C19H32N2O. The Hall–Kier alpha value is -1.51. The maximum absolute atomic E-state index is 12.7. The number of para-hydroxylation sites is 1. The van der Waals surface area contributed by atoms with Gasteiger partial charge in [0.2, 0.25) is 0 Å². The van der Waals surface area contributed by atoms with Crippen LogP contribution in [0.1, 0.15) is 77.3 Å². The molecule has 0 aromatic heterocycles. The van der Waals surface area contributed by atoms with Crippen LogP contribution in [-0.2, 0) is 0 Å². The van der Waals surface area contributed by atoms with Gasteiger partial charge in [-0.2, -0.15) is 0 Å². The Morgan fingerprint density at radius 3 is 1.82 bits per heavy atom. The van der Waals surface area contributed by atoms with E-state index in [4.69, 9.17) is 0 Å². The zero-order valence-electron chi connectivity index (χ0n) is 15.1. The standard InChI is InChI=1S/C19H32N2O/c1-7-12-21(13-8-2)19(22)20-18-16(14(3)4)10-9-11-17(18)15(5)6/h9-11,14-15H,7-8,12-13H2,1-6H3,(H,20,22). The van der Waals surface area contributed by atoms with Crippen molar-refractivity contribution < 1.29 is 4.79 Å². The number of rotatable bonds is 7. The Morgan fingerprint density at radius 1 is 1.00 bits per heavy atom. The van der Waals surface area contributed by atoms with Gasteiger partial charge in [0.1, 0.15) is 0 Å². The van der Waals surface area contributed by atoms with Crippen molar-refractivity contribution in [2.75, 3.05) is 18.4 Å². The molecule has 0 saturated heterocycles. The minimum absolute atomic E-state index is 0.0266. The molecule has 22 heavy (non-hydrogen) atoms. The molecule has 1 aromatic rings. The number of nitrogens with one attached hydrogen (secondary N) is 1. The van der Waals surface area contributed by atoms with Gasteiger partial charge in [0, 0.05) is 18.8 Å². The van der Waals surface area contributed by atoms with Crippen molar-refractivity contribution >= 4 is 11.7 Å². The first-order valence-electron chi connectivity index (χ1n) is 8.61. The van der Waals surface area contributed by atoms with Crippen molar-refractivity contribution in [3.8, 4) is 0 Å². The first kappa shape index (κ1) is 18.5. The fourth-order valence-electron chi connectivity index (χ4n) is 2.74. The highest BCUT2D eigenvalue weighted by molar-refractivity contribution is 5.91. The maximum Gasteiger partial charge on any atom is 0.321 e. The molecule has 124 valence electrons. The van der Waals surface area contributed by atoms with Gasteiger partial charge in [-0.3, -0.25) is 0 Å². The predicted molar refractivity (Wildman–Crippen MR) is 95.8 cm³/mol. The zero-order chi connectivity index (χ0) is 16.7. The van der Waals surface area contributed by atoms with E-state index in [1.54, 1.807) is 0 Å². The summed E-state index contributed by atoms with van der Waals surface area (Å²) in [5, 5.41) is 3.20. The Kier molecular flexibility index (Phi) is 7.43. The molecule has 2 amide bonds.